The van der Waals surface area contributed by atoms with E-state index in [9.17, 15) is 13.2 Å². The van der Waals surface area contributed by atoms with Crippen molar-refractivity contribution in [2.24, 2.45) is 5.92 Å². The third-order valence-corrected chi connectivity index (χ3v) is 5.16. The first-order chi connectivity index (χ1) is 7.95. The Labute approximate surface area is 105 Å². The van der Waals surface area contributed by atoms with Crippen LogP contribution in [-0.2, 0) is 0 Å². The van der Waals surface area contributed by atoms with E-state index in [4.69, 9.17) is 0 Å². The van der Waals surface area contributed by atoms with Gasteiger partial charge in [-0.05, 0) is 25.7 Å². The molecule has 0 bridgehead atoms. The molecule has 1 aliphatic heterocycles. The highest BCUT2D eigenvalue weighted by Gasteiger charge is 2.42. The summed E-state index contributed by atoms with van der Waals surface area (Å²) in [5, 5.41) is 4.08. The molecule has 1 saturated heterocycles. The van der Waals surface area contributed by atoms with Crippen LogP contribution in [0.2, 0.25) is 0 Å². The van der Waals surface area contributed by atoms with Crippen molar-refractivity contribution in [1.82, 2.24) is 5.32 Å². The van der Waals surface area contributed by atoms with Crippen LogP contribution >= 0.6 is 11.8 Å². The molecule has 1 heterocycles. The van der Waals surface area contributed by atoms with Crippen LogP contribution in [0.1, 0.15) is 39.0 Å². The van der Waals surface area contributed by atoms with E-state index in [0.717, 1.165) is 18.6 Å². The van der Waals surface area contributed by atoms with Crippen LogP contribution in [0.25, 0.3) is 0 Å². The minimum absolute atomic E-state index is 0.0753. The van der Waals surface area contributed by atoms with Gasteiger partial charge in [-0.1, -0.05) is 13.3 Å². The second kappa shape index (κ2) is 5.39. The molecule has 4 unspecified atom stereocenters. The van der Waals surface area contributed by atoms with Gasteiger partial charge in [-0.15, -0.1) is 0 Å². The van der Waals surface area contributed by atoms with Gasteiger partial charge in [0.05, 0.1) is 5.92 Å². The Hall–Kier alpha value is 0.100. The summed E-state index contributed by atoms with van der Waals surface area (Å²) in [5.41, 5.74) is 0. The van der Waals surface area contributed by atoms with E-state index in [1.165, 1.54) is 0 Å². The fourth-order valence-corrected chi connectivity index (χ4v) is 4.07. The van der Waals surface area contributed by atoms with Crippen LogP contribution in [0, 0.1) is 5.92 Å². The van der Waals surface area contributed by atoms with E-state index >= 15 is 0 Å². The molecule has 2 aliphatic rings. The lowest BCUT2D eigenvalue weighted by Crippen LogP contribution is -2.43. The molecule has 1 aliphatic carbocycles. The van der Waals surface area contributed by atoms with Gasteiger partial charge in [0, 0.05) is 23.1 Å². The van der Waals surface area contributed by atoms with Gasteiger partial charge in [-0.25, -0.2) is 0 Å². The van der Waals surface area contributed by atoms with Crippen LogP contribution in [0.5, 0.6) is 0 Å². The molecule has 1 saturated carbocycles. The molecule has 0 spiro atoms. The lowest BCUT2D eigenvalue weighted by Gasteiger charge is -2.32. The number of rotatable bonds is 2. The second-order valence-electron chi connectivity index (χ2n) is 5.35. The van der Waals surface area contributed by atoms with E-state index < -0.39 is 12.1 Å². The molecule has 0 aromatic carbocycles. The molecule has 2 rings (SSSR count). The molecule has 1 N–H and O–H groups in total. The average molecular weight is 267 g/mol. The molecular weight excluding hydrogens is 247 g/mol. The predicted octanol–water partition coefficient (Wildman–Crippen LogP) is 3.59. The topological polar surface area (TPSA) is 12.0 Å². The molecule has 0 radical (unpaired) electrons. The third-order valence-electron chi connectivity index (χ3n) is 3.81. The van der Waals surface area contributed by atoms with E-state index in [-0.39, 0.29) is 12.5 Å². The maximum absolute atomic E-state index is 12.7. The molecule has 2 fully saturated rings. The summed E-state index contributed by atoms with van der Waals surface area (Å²) < 4.78 is 38.0. The summed E-state index contributed by atoms with van der Waals surface area (Å²) in [6.45, 7) is 2.19. The fraction of sp³-hybridized carbons (Fsp3) is 1.00. The minimum Gasteiger partial charge on any atom is -0.310 e. The van der Waals surface area contributed by atoms with Crippen LogP contribution in [-0.4, -0.2) is 29.3 Å². The van der Waals surface area contributed by atoms with Gasteiger partial charge in [-0.3, -0.25) is 0 Å². The maximum Gasteiger partial charge on any atom is 0.391 e. The van der Waals surface area contributed by atoms with E-state index in [2.05, 4.69) is 12.2 Å². The standard InChI is InChI=1S/C12H20F3NS/c1-8-5-11(7-17-8)16-10-4-2-3-9(6-10)12(13,14)15/h8-11,16H,2-7H2,1H3. The van der Waals surface area contributed by atoms with Crippen molar-refractivity contribution < 1.29 is 13.2 Å². The van der Waals surface area contributed by atoms with Gasteiger partial charge in [-0.2, -0.15) is 24.9 Å². The van der Waals surface area contributed by atoms with E-state index in [1.807, 2.05) is 11.8 Å². The minimum atomic E-state index is -4.00. The highest BCUT2D eigenvalue weighted by Crippen LogP contribution is 2.38. The van der Waals surface area contributed by atoms with Gasteiger partial charge in [0.25, 0.3) is 0 Å². The Kier molecular flexibility index (Phi) is 4.29. The van der Waals surface area contributed by atoms with Crippen LogP contribution in [0.3, 0.4) is 0 Å². The van der Waals surface area contributed by atoms with Crippen molar-refractivity contribution in [1.29, 1.82) is 0 Å². The number of hydrogen-bond donors (Lipinski definition) is 1. The molecule has 4 atom stereocenters. The van der Waals surface area contributed by atoms with Crippen molar-refractivity contribution in [2.45, 2.75) is 62.5 Å². The number of halogens is 3. The first-order valence-corrected chi connectivity index (χ1v) is 7.44. The summed E-state index contributed by atoms with van der Waals surface area (Å²) in [5.74, 6) is -0.0332. The van der Waals surface area contributed by atoms with Gasteiger partial charge in [0.2, 0.25) is 0 Å². The lowest BCUT2D eigenvalue weighted by atomic mass is 9.85. The Bertz CT molecular complexity index is 257. The second-order valence-corrected chi connectivity index (χ2v) is 6.82. The largest absolute Gasteiger partial charge is 0.391 e. The quantitative estimate of drug-likeness (QED) is 0.820. The van der Waals surface area contributed by atoms with Crippen molar-refractivity contribution in [3.8, 4) is 0 Å². The molecular formula is C12H20F3NS. The van der Waals surface area contributed by atoms with Crippen molar-refractivity contribution in [3.05, 3.63) is 0 Å². The van der Waals surface area contributed by atoms with Crippen molar-refractivity contribution >= 4 is 11.8 Å². The first-order valence-electron chi connectivity index (χ1n) is 6.39. The number of alkyl halides is 3. The summed E-state index contributed by atoms with van der Waals surface area (Å²) in [7, 11) is 0. The summed E-state index contributed by atoms with van der Waals surface area (Å²) in [4.78, 5) is 0. The summed E-state index contributed by atoms with van der Waals surface area (Å²) >= 11 is 1.92. The lowest BCUT2D eigenvalue weighted by molar-refractivity contribution is -0.183. The predicted molar refractivity (Wildman–Crippen MR) is 65.3 cm³/mol. The zero-order chi connectivity index (χ0) is 12.5. The molecule has 5 heteroatoms. The third kappa shape index (κ3) is 3.78. The maximum atomic E-state index is 12.7. The molecule has 17 heavy (non-hydrogen) atoms. The summed E-state index contributed by atoms with van der Waals surface area (Å²) in [6.07, 6.45) is -0.703. The van der Waals surface area contributed by atoms with Crippen LogP contribution in [0.15, 0.2) is 0 Å². The fourth-order valence-electron chi connectivity index (χ4n) is 2.91. The zero-order valence-corrected chi connectivity index (χ0v) is 10.9. The molecule has 0 aromatic heterocycles. The van der Waals surface area contributed by atoms with Gasteiger partial charge in [0.1, 0.15) is 0 Å². The van der Waals surface area contributed by atoms with E-state index in [0.29, 0.717) is 24.1 Å². The Morgan fingerprint density at radius 3 is 2.47 bits per heavy atom. The Balaban J connectivity index is 1.81. The van der Waals surface area contributed by atoms with Crippen LogP contribution in [0.4, 0.5) is 13.2 Å². The van der Waals surface area contributed by atoms with E-state index in [1.54, 1.807) is 0 Å². The highest BCUT2D eigenvalue weighted by atomic mass is 32.2. The number of thioether (sulfide) groups is 1. The van der Waals surface area contributed by atoms with Crippen molar-refractivity contribution in [2.75, 3.05) is 5.75 Å². The normalized spacial score (nSPS) is 39.5. The SMILES string of the molecule is CC1CC(NC2CCCC(C(F)(F)F)C2)CS1. The molecule has 0 amide bonds. The van der Waals surface area contributed by atoms with Gasteiger partial charge >= 0.3 is 6.18 Å². The van der Waals surface area contributed by atoms with Crippen molar-refractivity contribution in [3.63, 3.8) is 0 Å². The highest BCUT2D eigenvalue weighted by molar-refractivity contribution is 8.00. The molecule has 100 valence electrons. The Morgan fingerprint density at radius 1 is 1.12 bits per heavy atom. The van der Waals surface area contributed by atoms with Crippen LogP contribution < -0.4 is 5.32 Å². The molecule has 1 nitrogen and oxygen atoms in total. The summed E-state index contributed by atoms with van der Waals surface area (Å²) in [6, 6.07) is 0.498. The van der Waals surface area contributed by atoms with Gasteiger partial charge < -0.3 is 5.32 Å². The number of hydrogen-bond acceptors (Lipinski definition) is 2. The van der Waals surface area contributed by atoms with Gasteiger partial charge in [0.15, 0.2) is 0 Å². The Morgan fingerprint density at radius 2 is 1.88 bits per heavy atom. The smallest absolute Gasteiger partial charge is 0.310 e. The average Bonchev–Trinajstić information content (AvgIpc) is 2.63. The molecule has 0 aromatic rings. The first kappa shape index (κ1) is 13.5. The monoisotopic (exact) mass is 267 g/mol. The number of nitrogens with one attached hydrogen (secondary N) is 1. The zero-order valence-electron chi connectivity index (χ0n) is 10.1.